The Labute approximate surface area is 98.0 Å². The molecule has 4 heteroatoms. The molecule has 3 rings (SSSR count). The van der Waals surface area contributed by atoms with Gasteiger partial charge in [0.05, 0.1) is 5.69 Å². The Morgan fingerprint density at radius 3 is 2.69 bits per heavy atom. The maximum atomic E-state index is 12.2. The number of benzene rings is 1. The second kappa shape index (κ2) is 2.86. The van der Waals surface area contributed by atoms with E-state index in [2.05, 4.69) is 0 Å². The summed E-state index contributed by atoms with van der Waals surface area (Å²) in [6.07, 6.45) is 1.52. The molecule has 0 radical (unpaired) electrons. The summed E-state index contributed by atoms with van der Waals surface area (Å²) < 4.78 is 0. The second-order valence-electron chi connectivity index (χ2n) is 4.38. The summed E-state index contributed by atoms with van der Waals surface area (Å²) in [6, 6.07) is 5.10. The van der Waals surface area contributed by atoms with E-state index < -0.39 is 5.54 Å². The number of hydrogen-bond acceptors (Lipinski definition) is 2. The summed E-state index contributed by atoms with van der Waals surface area (Å²) in [7, 11) is 0. The molecule has 1 heterocycles. The lowest BCUT2D eigenvalue weighted by atomic mass is 10.1. The molecule has 1 aromatic carbocycles. The number of rotatable bonds is 0. The molecule has 1 amide bonds. The summed E-state index contributed by atoms with van der Waals surface area (Å²) in [5, 5.41) is 0.551. The minimum Gasteiger partial charge on any atom is -0.298 e. The molecule has 16 heavy (non-hydrogen) atoms. The third-order valence-corrected chi connectivity index (χ3v) is 3.57. The summed E-state index contributed by atoms with van der Waals surface area (Å²) in [5.74, 6) is -0.0266. The van der Waals surface area contributed by atoms with Crippen molar-refractivity contribution in [2.24, 2.45) is 0 Å². The van der Waals surface area contributed by atoms with Crippen molar-refractivity contribution in [3.8, 4) is 0 Å². The minimum absolute atomic E-state index is 0.0642. The van der Waals surface area contributed by atoms with Gasteiger partial charge >= 0.3 is 0 Å². The van der Waals surface area contributed by atoms with Gasteiger partial charge < -0.3 is 0 Å². The van der Waals surface area contributed by atoms with Crippen LogP contribution in [0.2, 0.25) is 5.02 Å². The molecular weight excluding hydrogens is 226 g/mol. The van der Waals surface area contributed by atoms with Crippen molar-refractivity contribution in [3.05, 3.63) is 28.8 Å². The normalized spacial score (nSPS) is 20.1. The predicted molar refractivity (Wildman–Crippen MR) is 60.9 cm³/mol. The van der Waals surface area contributed by atoms with E-state index in [-0.39, 0.29) is 11.7 Å². The lowest BCUT2D eigenvalue weighted by Gasteiger charge is -2.22. The van der Waals surface area contributed by atoms with E-state index in [4.69, 9.17) is 11.6 Å². The lowest BCUT2D eigenvalue weighted by Crippen LogP contribution is -2.40. The molecule has 82 valence electrons. The number of fused-ring (bicyclic) bond motifs is 1. The quantitative estimate of drug-likeness (QED) is 0.693. The molecule has 2 aliphatic rings. The van der Waals surface area contributed by atoms with Crippen molar-refractivity contribution >= 4 is 29.0 Å². The first-order chi connectivity index (χ1) is 7.56. The highest BCUT2D eigenvalue weighted by Gasteiger charge is 2.61. The number of amides is 1. The molecule has 0 unspecified atom stereocenters. The number of carbonyl (C=O) groups is 2. The number of halogens is 1. The molecule has 1 saturated carbocycles. The van der Waals surface area contributed by atoms with Gasteiger partial charge in [-0.1, -0.05) is 11.6 Å². The van der Waals surface area contributed by atoms with Gasteiger partial charge in [0.1, 0.15) is 5.54 Å². The molecular formula is C12H10ClNO2. The first kappa shape index (κ1) is 9.85. The maximum absolute atomic E-state index is 12.2. The SMILES string of the molecule is CC(=O)N1c2cc(Cl)ccc2C(=O)C12CC2. The number of ketones is 1. The molecule has 3 nitrogen and oxygen atoms in total. The largest absolute Gasteiger partial charge is 0.298 e. The van der Waals surface area contributed by atoms with Gasteiger partial charge in [0.25, 0.3) is 0 Å². The molecule has 0 N–H and O–H groups in total. The molecule has 1 aromatic rings. The van der Waals surface area contributed by atoms with Crippen molar-refractivity contribution in [3.63, 3.8) is 0 Å². The van der Waals surface area contributed by atoms with E-state index in [1.807, 2.05) is 0 Å². The van der Waals surface area contributed by atoms with E-state index in [0.29, 0.717) is 16.3 Å². The van der Waals surface area contributed by atoms with Crippen LogP contribution < -0.4 is 4.90 Å². The van der Waals surface area contributed by atoms with Gasteiger partial charge in [-0.15, -0.1) is 0 Å². The van der Waals surface area contributed by atoms with Crippen LogP contribution in [-0.4, -0.2) is 17.2 Å². The van der Waals surface area contributed by atoms with E-state index in [1.54, 1.807) is 23.1 Å². The zero-order valence-electron chi connectivity index (χ0n) is 8.79. The Morgan fingerprint density at radius 2 is 2.12 bits per heavy atom. The molecule has 1 aliphatic heterocycles. The van der Waals surface area contributed by atoms with Crippen LogP contribution in [-0.2, 0) is 4.79 Å². The highest BCUT2D eigenvalue weighted by atomic mass is 35.5. The molecule has 1 spiro atoms. The average molecular weight is 236 g/mol. The maximum Gasteiger partial charge on any atom is 0.224 e. The van der Waals surface area contributed by atoms with Crippen LogP contribution in [0.25, 0.3) is 0 Å². The van der Waals surface area contributed by atoms with Crippen molar-refractivity contribution in [1.82, 2.24) is 0 Å². The van der Waals surface area contributed by atoms with Gasteiger partial charge in [0.2, 0.25) is 5.91 Å². The van der Waals surface area contributed by atoms with Gasteiger partial charge in [0.15, 0.2) is 5.78 Å². The Kier molecular flexibility index (Phi) is 1.76. The standard InChI is InChI=1S/C12H10ClNO2/c1-7(15)14-10-6-8(13)2-3-9(10)11(16)12(14)4-5-12/h2-3,6H,4-5H2,1H3. The average Bonchev–Trinajstić information content (AvgIpc) is 2.93. The second-order valence-corrected chi connectivity index (χ2v) is 4.81. The summed E-state index contributed by atoms with van der Waals surface area (Å²) in [4.78, 5) is 25.4. The van der Waals surface area contributed by atoms with Crippen molar-refractivity contribution in [2.75, 3.05) is 4.90 Å². The molecule has 0 bridgehead atoms. The van der Waals surface area contributed by atoms with E-state index in [9.17, 15) is 9.59 Å². The summed E-state index contributed by atoms with van der Waals surface area (Å²) >= 11 is 5.91. The summed E-state index contributed by atoms with van der Waals surface area (Å²) in [6.45, 7) is 1.49. The van der Waals surface area contributed by atoms with Crippen molar-refractivity contribution in [2.45, 2.75) is 25.3 Å². The fourth-order valence-electron chi connectivity index (χ4n) is 2.50. The van der Waals surface area contributed by atoms with Crippen LogP contribution >= 0.6 is 11.6 Å². The van der Waals surface area contributed by atoms with Gasteiger partial charge in [-0.3, -0.25) is 14.5 Å². The fourth-order valence-corrected chi connectivity index (χ4v) is 2.67. The first-order valence-corrected chi connectivity index (χ1v) is 5.59. The van der Waals surface area contributed by atoms with Crippen LogP contribution in [0.1, 0.15) is 30.1 Å². The van der Waals surface area contributed by atoms with Crippen molar-refractivity contribution in [1.29, 1.82) is 0 Å². The van der Waals surface area contributed by atoms with Gasteiger partial charge in [-0.25, -0.2) is 0 Å². The molecule has 0 aromatic heterocycles. The van der Waals surface area contributed by atoms with Gasteiger partial charge in [0, 0.05) is 17.5 Å². The zero-order chi connectivity index (χ0) is 11.5. The van der Waals surface area contributed by atoms with Gasteiger partial charge in [-0.2, -0.15) is 0 Å². The third-order valence-electron chi connectivity index (χ3n) is 3.33. The van der Waals surface area contributed by atoms with Crippen LogP contribution in [0.4, 0.5) is 5.69 Å². The highest BCUT2D eigenvalue weighted by Crippen LogP contribution is 2.53. The zero-order valence-corrected chi connectivity index (χ0v) is 9.54. The molecule has 1 fully saturated rings. The first-order valence-electron chi connectivity index (χ1n) is 5.21. The predicted octanol–water partition coefficient (Wildman–Crippen LogP) is 2.42. The molecule has 0 saturated heterocycles. The lowest BCUT2D eigenvalue weighted by molar-refractivity contribution is -0.116. The van der Waals surface area contributed by atoms with E-state index >= 15 is 0 Å². The fraction of sp³-hybridized carbons (Fsp3) is 0.333. The number of Topliss-reactive ketones (excluding diaryl/α,β-unsaturated/α-hetero) is 1. The molecule has 0 atom stereocenters. The van der Waals surface area contributed by atoms with E-state index in [1.165, 1.54) is 6.92 Å². The van der Waals surface area contributed by atoms with Crippen LogP contribution in [0.15, 0.2) is 18.2 Å². The van der Waals surface area contributed by atoms with Crippen LogP contribution in [0, 0.1) is 0 Å². The molecule has 1 aliphatic carbocycles. The number of carbonyl (C=O) groups excluding carboxylic acids is 2. The highest BCUT2D eigenvalue weighted by molar-refractivity contribution is 6.32. The monoisotopic (exact) mass is 235 g/mol. The van der Waals surface area contributed by atoms with Gasteiger partial charge in [-0.05, 0) is 31.0 Å². The number of anilines is 1. The number of nitrogens with zero attached hydrogens (tertiary/aromatic N) is 1. The topological polar surface area (TPSA) is 37.4 Å². The Balaban J connectivity index is 2.24. The Bertz CT molecular complexity index is 520. The smallest absolute Gasteiger partial charge is 0.224 e. The summed E-state index contributed by atoms with van der Waals surface area (Å²) in [5.41, 5.74) is 0.721. The van der Waals surface area contributed by atoms with Crippen molar-refractivity contribution < 1.29 is 9.59 Å². The Hall–Kier alpha value is -1.35. The van der Waals surface area contributed by atoms with Crippen LogP contribution in [0.3, 0.4) is 0 Å². The Morgan fingerprint density at radius 1 is 1.44 bits per heavy atom. The third kappa shape index (κ3) is 1.04. The minimum atomic E-state index is -0.571. The van der Waals surface area contributed by atoms with Crippen LogP contribution in [0.5, 0.6) is 0 Å². The van der Waals surface area contributed by atoms with E-state index in [0.717, 1.165) is 12.8 Å². The number of hydrogen-bond donors (Lipinski definition) is 0.